The summed E-state index contributed by atoms with van der Waals surface area (Å²) >= 11 is 0. The Bertz CT molecular complexity index is 1020. The average molecular weight is 421 g/mol. The van der Waals surface area contributed by atoms with E-state index in [4.69, 9.17) is 18.9 Å². The Hall–Kier alpha value is -4.00. The number of rotatable bonds is 9. The van der Waals surface area contributed by atoms with Crippen LogP contribution < -0.4 is 19.5 Å². The lowest BCUT2D eigenvalue weighted by atomic mass is 10.2. The quantitative estimate of drug-likeness (QED) is 0.524. The summed E-state index contributed by atoms with van der Waals surface area (Å²) in [5, 5.41) is 2.64. The first-order chi connectivity index (χ1) is 15.1. The second-order valence-corrected chi connectivity index (χ2v) is 6.49. The van der Waals surface area contributed by atoms with E-state index in [1.165, 1.54) is 14.2 Å². The van der Waals surface area contributed by atoms with E-state index in [-0.39, 0.29) is 0 Å². The molecule has 3 rings (SSSR count). The summed E-state index contributed by atoms with van der Waals surface area (Å²) < 4.78 is 21.1. The molecule has 0 spiro atoms. The van der Waals surface area contributed by atoms with Crippen molar-refractivity contribution in [3.05, 3.63) is 83.9 Å². The molecular weight excluding hydrogens is 398 g/mol. The van der Waals surface area contributed by atoms with Crippen molar-refractivity contribution in [3.8, 4) is 17.2 Å². The zero-order valence-electron chi connectivity index (χ0n) is 17.3. The number of ether oxygens (including phenoxy) is 4. The first kappa shape index (κ1) is 21.7. The van der Waals surface area contributed by atoms with E-state index < -0.39 is 18.5 Å². The maximum atomic E-state index is 12.2. The van der Waals surface area contributed by atoms with Crippen molar-refractivity contribution in [2.45, 2.75) is 6.61 Å². The smallest absolute Gasteiger partial charge is 0.338 e. The molecule has 0 atom stereocenters. The van der Waals surface area contributed by atoms with Gasteiger partial charge in [0.2, 0.25) is 0 Å². The lowest BCUT2D eigenvalue weighted by Crippen LogP contribution is -2.21. The molecule has 0 aliphatic heterocycles. The Morgan fingerprint density at radius 1 is 0.839 bits per heavy atom. The van der Waals surface area contributed by atoms with Crippen molar-refractivity contribution >= 4 is 17.6 Å². The summed E-state index contributed by atoms with van der Waals surface area (Å²) in [6.45, 7) is -0.0000966. The van der Waals surface area contributed by atoms with E-state index in [0.29, 0.717) is 35.1 Å². The molecular formula is C24H23NO6. The van der Waals surface area contributed by atoms with Crippen LogP contribution in [0.5, 0.6) is 17.2 Å². The fourth-order valence-corrected chi connectivity index (χ4v) is 2.73. The molecule has 3 aromatic carbocycles. The van der Waals surface area contributed by atoms with E-state index in [9.17, 15) is 9.59 Å². The molecule has 0 heterocycles. The number of hydrogen-bond donors (Lipinski definition) is 1. The molecule has 0 saturated carbocycles. The third-order valence-corrected chi connectivity index (χ3v) is 4.36. The number of anilines is 1. The second-order valence-electron chi connectivity index (χ2n) is 6.49. The molecule has 0 radical (unpaired) electrons. The summed E-state index contributed by atoms with van der Waals surface area (Å²) in [6.07, 6.45) is 0. The number of carbonyl (C=O) groups excluding carboxylic acids is 2. The Balaban J connectivity index is 1.49. The monoisotopic (exact) mass is 421 g/mol. The second kappa shape index (κ2) is 10.7. The molecule has 7 nitrogen and oxygen atoms in total. The van der Waals surface area contributed by atoms with Gasteiger partial charge in [-0.1, -0.05) is 30.3 Å². The predicted octanol–water partition coefficient (Wildman–Crippen LogP) is 4.08. The van der Waals surface area contributed by atoms with Gasteiger partial charge in [0.25, 0.3) is 5.91 Å². The summed E-state index contributed by atoms with van der Waals surface area (Å²) in [6, 6.07) is 21.3. The van der Waals surface area contributed by atoms with Crippen LogP contribution in [0.1, 0.15) is 15.9 Å². The third-order valence-electron chi connectivity index (χ3n) is 4.36. The first-order valence-electron chi connectivity index (χ1n) is 9.55. The molecule has 1 N–H and O–H groups in total. The normalized spacial score (nSPS) is 10.1. The van der Waals surface area contributed by atoms with Gasteiger partial charge in [0, 0.05) is 6.07 Å². The van der Waals surface area contributed by atoms with Crippen molar-refractivity contribution in [1.82, 2.24) is 0 Å². The maximum Gasteiger partial charge on any atom is 0.338 e. The first-order valence-corrected chi connectivity index (χ1v) is 9.55. The highest BCUT2D eigenvalue weighted by Crippen LogP contribution is 2.28. The van der Waals surface area contributed by atoms with E-state index in [1.54, 1.807) is 42.5 Å². The molecule has 1 amide bonds. The maximum absolute atomic E-state index is 12.2. The van der Waals surface area contributed by atoms with E-state index >= 15 is 0 Å². The highest BCUT2D eigenvalue weighted by molar-refractivity contribution is 5.96. The SMILES string of the molecule is COc1ccc(NC(=O)COC(=O)c2ccc(OCc3ccccc3)cc2)c(OC)c1. The summed E-state index contributed by atoms with van der Waals surface area (Å²) in [4.78, 5) is 24.4. The van der Waals surface area contributed by atoms with E-state index in [1.807, 2.05) is 30.3 Å². The van der Waals surface area contributed by atoms with Crippen molar-refractivity contribution < 1.29 is 28.5 Å². The van der Waals surface area contributed by atoms with Gasteiger partial charge >= 0.3 is 5.97 Å². The van der Waals surface area contributed by atoms with Gasteiger partial charge in [-0.3, -0.25) is 4.79 Å². The van der Waals surface area contributed by atoms with Crippen LogP contribution in [0.4, 0.5) is 5.69 Å². The van der Waals surface area contributed by atoms with Crippen LogP contribution in [-0.4, -0.2) is 32.7 Å². The third kappa shape index (κ3) is 6.24. The molecule has 0 saturated heterocycles. The number of esters is 1. The highest BCUT2D eigenvalue weighted by Gasteiger charge is 2.13. The molecule has 0 aliphatic carbocycles. The summed E-state index contributed by atoms with van der Waals surface area (Å²) in [5.74, 6) is 0.568. The van der Waals surface area contributed by atoms with Gasteiger partial charge in [0.1, 0.15) is 23.9 Å². The van der Waals surface area contributed by atoms with Crippen LogP contribution in [-0.2, 0) is 16.1 Å². The number of hydrogen-bond acceptors (Lipinski definition) is 6. The van der Waals surface area contributed by atoms with E-state index in [0.717, 1.165) is 5.56 Å². The van der Waals surface area contributed by atoms with Gasteiger partial charge in [-0.15, -0.1) is 0 Å². The minimum Gasteiger partial charge on any atom is -0.497 e. The van der Waals surface area contributed by atoms with Crippen LogP contribution in [0.3, 0.4) is 0 Å². The minimum absolute atomic E-state index is 0.321. The molecule has 31 heavy (non-hydrogen) atoms. The largest absolute Gasteiger partial charge is 0.497 e. The molecule has 0 aliphatic rings. The van der Waals surface area contributed by atoms with Gasteiger partial charge in [0.15, 0.2) is 6.61 Å². The Labute approximate surface area is 180 Å². The van der Waals surface area contributed by atoms with Gasteiger partial charge in [-0.2, -0.15) is 0 Å². The standard InChI is InChI=1S/C24H23NO6/c1-28-20-12-13-21(22(14-20)29-2)25-23(26)16-31-24(27)18-8-10-19(11-9-18)30-15-17-6-4-3-5-7-17/h3-14H,15-16H2,1-2H3,(H,25,26). The highest BCUT2D eigenvalue weighted by atomic mass is 16.5. The van der Waals surface area contributed by atoms with Crippen molar-refractivity contribution in [1.29, 1.82) is 0 Å². The van der Waals surface area contributed by atoms with Crippen molar-refractivity contribution in [2.24, 2.45) is 0 Å². The van der Waals surface area contributed by atoms with Gasteiger partial charge < -0.3 is 24.3 Å². The molecule has 3 aromatic rings. The van der Waals surface area contributed by atoms with E-state index in [2.05, 4.69) is 5.32 Å². The van der Waals surface area contributed by atoms with Crippen LogP contribution in [0, 0.1) is 0 Å². The molecule has 0 fully saturated rings. The minimum atomic E-state index is -0.605. The number of carbonyl (C=O) groups is 2. The Kier molecular flexibility index (Phi) is 7.48. The number of amides is 1. The molecule has 0 bridgehead atoms. The van der Waals surface area contributed by atoms with Crippen molar-refractivity contribution in [2.75, 3.05) is 26.1 Å². The molecule has 7 heteroatoms. The average Bonchev–Trinajstić information content (AvgIpc) is 2.82. The van der Waals surface area contributed by atoms with Gasteiger partial charge in [-0.25, -0.2) is 4.79 Å². The fourth-order valence-electron chi connectivity index (χ4n) is 2.73. The van der Waals surface area contributed by atoms with Gasteiger partial charge in [-0.05, 0) is 42.0 Å². The van der Waals surface area contributed by atoms with Crippen LogP contribution in [0.25, 0.3) is 0 Å². The Morgan fingerprint density at radius 2 is 1.55 bits per heavy atom. The predicted molar refractivity (Wildman–Crippen MR) is 116 cm³/mol. The molecule has 0 aromatic heterocycles. The van der Waals surface area contributed by atoms with Gasteiger partial charge in [0.05, 0.1) is 25.5 Å². The van der Waals surface area contributed by atoms with Crippen LogP contribution >= 0.6 is 0 Å². The zero-order valence-corrected chi connectivity index (χ0v) is 17.3. The number of methoxy groups -OCH3 is 2. The Morgan fingerprint density at radius 3 is 2.23 bits per heavy atom. The topological polar surface area (TPSA) is 83.1 Å². The zero-order chi connectivity index (χ0) is 22.1. The van der Waals surface area contributed by atoms with Crippen LogP contribution in [0.2, 0.25) is 0 Å². The molecule has 160 valence electrons. The lowest BCUT2D eigenvalue weighted by molar-refractivity contribution is -0.119. The summed E-state index contributed by atoms with van der Waals surface area (Å²) in [7, 11) is 3.02. The van der Waals surface area contributed by atoms with Crippen molar-refractivity contribution in [3.63, 3.8) is 0 Å². The number of benzene rings is 3. The lowest BCUT2D eigenvalue weighted by Gasteiger charge is -2.12. The van der Waals surface area contributed by atoms with Crippen LogP contribution in [0.15, 0.2) is 72.8 Å². The number of nitrogens with one attached hydrogen (secondary N) is 1. The molecule has 0 unspecified atom stereocenters. The fraction of sp³-hybridized carbons (Fsp3) is 0.167. The summed E-state index contributed by atoms with van der Waals surface area (Å²) in [5.41, 5.74) is 1.82.